The van der Waals surface area contributed by atoms with Gasteiger partial charge in [-0.1, -0.05) is 11.6 Å². The number of likely N-dealkylation sites (tertiary alicyclic amines) is 1. The number of hydrogen-bond donors (Lipinski definition) is 2. The molecule has 1 aliphatic heterocycles. The molecule has 0 aromatic carbocycles. The number of amides is 1. The molecule has 0 saturated carbocycles. The Hall–Kier alpha value is -1.17. The maximum absolute atomic E-state index is 11.9. The maximum atomic E-state index is 11.9. The number of nitrogens with zero attached hydrogens (tertiary/aromatic N) is 2. The molecule has 0 spiro atoms. The van der Waals surface area contributed by atoms with E-state index >= 15 is 0 Å². The Morgan fingerprint density at radius 2 is 2.50 bits per heavy atom. The van der Waals surface area contributed by atoms with Gasteiger partial charge in [-0.3, -0.25) is 9.69 Å². The second-order valence-electron chi connectivity index (χ2n) is 4.40. The van der Waals surface area contributed by atoms with E-state index < -0.39 is 0 Å². The quantitative estimate of drug-likeness (QED) is 0.799. The van der Waals surface area contributed by atoms with Crippen LogP contribution in [0.1, 0.15) is 6.42 Å². The summed E-state index contributed by atoms with van der Waals surface area (Å²) in [6, 6.07) is 3.97. The third-order valence-electron chi connectivity index (χ3n) is 3.08. The van der Waals surface area contributed by atoms with Crippen LogP contribution in [0.2, 0.25) is 5.15 Å². The summed E-state index contributed by atoms with van der Waals surface area (Å²) in [5.41, 5.74) is 0.563. The Kier molecular flexibility index (Phi) is 4.52. The second kappa shape index (κ2) is 6.13. The molecule has 1 aromatic rings. The zero-order valence-corrected chi connectivity index (χ0v) is 11.1. The monoisotopic (exact) mass is 268 g/mol. The molecule has 1 amide bonds. The fraction of sp³-hybridized carbons (Fsp3) is 0.500. The summed E-state index contributed by atoms with van der Waals surface area (Å²) in [6.45, 7) is 2.24. The summed E-state index contributed by atoms with van der Waals surface area (Å²) in [6.07, 6.45) is 2.67. The summed E-state index contributed by atoms with van der Waals surface area (Å²) >= 11 is 5.88. The summed E-state index contributed by atoms with van der Waals surface area (Å²) in [7, 11) is 1.95. The minimum Gasteiger partial charge on any atom is -0.322 e. The van der Waals surface area contributed by atoms with Crippen molar-refractivity contribution in [3.8, 4) is 0 Å². The molecule has 2 rings (SSSR count). The Labute approximate surface area is 112 Å². The summed E-state index contributed by atoms with van der Waals surface area (Å²) in [4.78, 5) is 17.9. The Morgan fingerprint density at radius 1 is 1.67 bits per heavy atom. The van der Waals surface area contributed by atoms with E-state index in [1.165, 1.54) is 0 Å². The van der Waals surface area contributed by atoms with Gasteiger partial charge in [-0.25, -0.2) is 4.98 Å². The van der Waals surface area contributed by atoms with E-state index in [4.69, 9.17) is 11.6 Å². The minimum atomic E-state index is -0.0540. The molecule has 98 valence electrons. The van der Waals surface area contributed by atoms with Gasteiger partial charge in [-0.15, -0.1) is 0 Å². The molecule has 0 radical (unpaired) electrons. The third kappa shape index (κ3) is 3.41. The SMILES string of the molecule is CNC1CCN(CC(=O)Nc2cccnc2Cl)C1. The van der Waals surface area contributed by atoms with Crippen LogP contribution < -0.4 is 10.6 Å². The molecule has 1 saturated heterocycles. The zero-order chi connectivity index (χ0) is 13.0. The number of rotatable bonds is 4. The van der Waals surface area contributed by atoms with Crippen LogP contribution >= 0.6 is 11.6 Å². The highest BCUT2D eigenvalue weighted by molar-refractivity contribution is 6.32. The first-order chi connectivity index (χ1) is 8.69. The highest BCUT2D eigenvalue weighted by Gasteiger charge is 2.22. The first-order valence-electron chi connectivity index (χ1n) is 5.99. The molecule has 2 N–H and O–H groups in total. The topological polar surface area (TPSA) is 57.3 Å². The fourth-order valence-corrected chi connectivity index (χ4v) is 2.25. The van der Waals surface area contributed by atoms with Crippen molar-refractivity contribution in [2.24, 2.45) is 0 Å². The molecule has 0 aliphatic carbocycles. The number of aromatic nitrogens is 1. The minimum absolute atomic E-state index is 0.0540. The molecule has 1 unspecified atom stereocenters. The molecule has 2 heterocycles. The smallest absolute Gasteiger partial charge is 0.238 e. The van der Waals surface area contributed by atoms with Gasteiger partial charge in [0.1, 0.15) is 0 Å². The molecule has 1 atom stereocenters. The number of halogens is 1. The van der Waals surface area contributed by atoms with Gasteiger partial charge in [0.25, 0.3) is 0 Å². The van der Waals surface area contributed by atoms with Crippen LogP contribution in [0.4, 0.5) is 5.69 Å². The molecule has 1 aliphatic rings. The predicted molar refractivity (Wildman–Crippen MR) is 71.8 cm³/mol. The molecular weight excluding hydrogens is 252 g/mol. The number of nitrogens with one attached hydrogen (secondary N) is 2. The Bertz CT molecular complexity index is 426. The lowest BCUT2D eigenvalue weighted by molar-refractivity contribution is -0.117. The van der Waals surface area contributed by atoms with E-state index in [0.29, 0.717) is 23.4 Å². The Balaban J connectivity index is 1.84. The first kappa shape index (κ1) is 13.3. The van der Waals surface area contributed by atoms with Crippen LogP contribution in [0.5, 0.6) is 0 Å². The van der Waals surface area contributed by atoms with E-state index in [-0.39, 0.29) is 5.91 Å². The average Bonchev–Trinajstić information content (AvgIpc) is 2.80. The molecule has 1 fully saturated rings. The van der Waals surface area contributed by atoms with Crippen LogP contribution in [0, 0.1) is 0 Å². The summed E-state index contributed by atoms with van der Waals surface area (Å²) in [5.74, 6) is -0.0540. The fourth-order valence-electron chi connectivity index (χ4n) is 2.08. The standard InChI is InChI=1S/C12H17ClN4O/c1-14-9-4-6-17(7-9)8-11(18)16-10-3-2-5-15-12(10)13/h2-3,5,9,14H,4,6-8H2,1H3,(H,16,18). The van der Waals surface area contributed by atoms with Crippen molar-refractivity contribution in [3.63, 3.8) is 0 Å². The largest absolute Gasteiger partial charge is 0.322 e. The van der Waals surface area contributed by atoms with E-state index in [1.807, 2.05) is 7.05 Å². The van der Waals surface area contributed by atoms with Gasteiger partial charge in [-0.2, -0.15) is 0 Å². The lowest BCUT2D eigenvalue weighted by Crippen LogP contribution is -2.34. The highest BCUT2D eigenvalue weighted by atomic mass is 35.5. The van der Waals surface area contributed by atoms with Gasteiger partial charge in [0.2, 0.25) is 5.91 Å². The molecule has 1 aromatic heterocycles. The molecule has 0 bridgehead atoms. The number of carbonyl (C=O) groups excluding carboxylic acids is 1. The van der Waals surface area contributed by atoms with Crippen molar-refractivity contribution < 1.29 is 4.79 Å². The number of anilines is 1. The number of pyridine rings is 1. The lowest BCUT2D eigenvalue weighted by Gasteiger charge is -2.15. The van der Waals surface area contributed by atoms with Gasteiger partial charge >= 0.3 is 0 Å². The average molecular weight is 269 g/mol. The van der Waals surface area contributed by atoms with Gasteiger partial charge < -0.3 is 10.6 Å². The van der Waals surface area contributed by atoms with Crippen molar-refractivity contribution in [1.82, 2.24) is 15.2 Å². The van der Waals surface area contributed by atoms with Crippen molar-refractivity contribution in [1.29, 1.82) is 0 Å². The van der Waals surface area contributed by atoms with E-state index in [0.717, 1.165) is 19.5 Å². The molecule has 18 heavy (non-hydrogen) atoms. The number of likely N-dealkylation sites (N-methyl/N-ethyl adjacent to an activating group) is 1. The second-order valence-corrected chi connectivity index (χ2v) is 4.76. The van der Waals surface area contributed by atoms with Crippen LogP contribution in [0.15, 0.2) is 18.3 Å². The van der Waals surface area contributed by atoms with Gasteiger partial charge in [-0.05, 0) is 25.6 Å². The van der Waals surface area contributed by atoms with Crippen LogP contribution in [0.25, 0.3) is 0 Å². The van der Waals surface area contributed by atoms with Crippen LogP contribution in [-0.2, 0) is 4.79 Å². The predicted octanol–water partition coefficient (Wildman–Crippen LogP) is 0.967. The molecule has 5 nitrogen and oxygen atoms in total. The van der Waals surface area contributed by atoms with Gasteiger partial charge in [0.15, 0.2) is 5.15 Å². The molecular formula is C12H17ClN4O. The van der Waals surface area contributed by atoms with Crippen molar-refractivity contribution in [3.05, 3.63) is 23.5 Å². The van der Waals surface area contributed by atoms with Crippen molar-refractivity contribution in [2.45, 2.75) is 12.5 Å². The zero-order valence-electron chi connectivity index (χ0n) is 10.3. The number of hydrogen-bond acceptors (Lipinski definition) is 4. The van der Waals surface area contributed by atoms with Gasteiger partial charge in [0, 0.05) is 25.3 Å². The highest BCUT2D eigenvalue weighted by Crippen LogP contribution is 2.17. The van der Waals surface area contributed by atoms with E-state index in [9.17, 15) is 4.79 Å². The maximum Gasteiger partial charge on any atom is 0.238 e. The normalized spacial score (nSPS) is 20.0. The Morgan fingerprint density at radius 3 is 3.17 bits per heavy atom. The van der Waals surface area contributed by atoms with Gasteiger partial charge in [0.05, 0.1) is 12.2 Å². The van der Waals surface area contributed by atoms with Crippen LogP contribution in [-0.4, -0.2) is 48.5 Å². The number of carbonyl (C=O) groups is 1. The van der Waals surface area contributed by atoms with Crippen LogP contribution in [0.3, 0.4) is 0 Å². The molecule has 6 heteroatoms. The summed E-state index contributed by atoms with van der Waals surface area (Å²) < 4.78 is 0. The first-order valence-corrected chi connectivity index (χ1v) is 6.37. The lowest BCUT2D eigenvalue weighted by atomic mass is 10.3. The summed E-state index contributed by atoms with van der Waals surface area (Å²) in [5, 5.41) is 6.32. The van der Waals surface area contributed by atoms with Crippen molar-refractivity contribution in [2.75, 3.05) is 32.0 Å². The van der Waals surface area contributed by atoms with E-state index in [1.54, 1.807) is 18.3 Å². The van der Waals surface area contributed by atoms with E-state index in [2.05, 4.69) is 20.5 Å². The third-order valence-corrected chi connectivity index (χ3v) is 3.38. The van der Waals surface area contributed by atoms with Crippen molar-refractivity contribution >= 4 is 23.2 Å².